The molecule has 0 amide bonds. The summed E-state index contributed by atoms with van der Waals surface area (Å²) in [5.41, 5.74) is 1.21. The molecule has 5 nitrogen and oxygen atoms in total. The van der Waals surface area contributed by atoms with Crippen LogP contribution in [0.1, 0.15) is 18.3 Å². The first-order chi connectivity index (χ1) is 10.1. The van der Waals surface area contributed by atoms with Crippen molar-refractivity contribution in [3.05, 3.63) is 41.7 Å². The summed E-state index contributed by atoms with van der Waals surface area (Å²) in [4.78, 5) is 11.0. The highest BCUT2D eigenvalue weighted by Gasteiger charge is 2.07. The minimum Gasteiger partial charge on any atom is -0.497 e. The first kappa shape index (κ1) is 15.1. The number of hydrogen-bond acceptors (Lipinski definition) is 5. The van der Waals surface area contributed by atoms with Crippen molar-refractivity contribution in [2.24, 2.45) is 0 Å². The number of nitrogens with one attached hydrogen (secondary N) is 1. The van der Waals surface area contributed by atoms with Crippen molar-refractivity contribution in [2.45, 2.75) is 20.4 Å². The molecule has 2 rings (SSSR count). The van der Waals surface area contributed by atoms with Gasteiger partial charge < -0.3 is 15.0 Å². The van der Waals surface area contributed by atoms with Crippen molar-refractivity contribution in [1.82, 2.24) is 9.97 Å². The van der Waals surface area contributed by atoms with E-state index < -0.39 is 0 Å². The van der Waals surface area contributed by atoms with Crippen LogP contribution >= 0.6 is 0 Å². The Labute approximate surface area is 126 Å². The van der Waals surface area contributed by atoms with Gasteiger partial charge in [0.1, 0.15) is 23.2 Å². The van der Waals surface area contributed by atoms with E-state index in [9.17, 15) is 0 Å². The minimum atomic E-state index is 0.769. The molecule has 1 N–H and O–H groups in total. The van der Waals surface area contributed by atoms with Crippen LogP contribution in [-0.4, -0.2) is 30.7 Å². The number of methoxy groups -OCH3 is 1. The van der Waals surface area contributed by atoms with Crippen molar-refractivity contribution >= 4 is 11.6 Å². The second kappa shape index (κ2) is 6.92. The van der Waals surface area contributed by atoms with Crippen molar-refractivity contribution in [3.8, 4) is 5.75 Å². The van der Waals surface area contributed by atoms with E-state index in [0.717, 1.165) is 36.3 Å². The van der Waals surface area contributed by atoms with Crippen molar-refractivity contribution in [1.29, 1.82) is 0 Å². The van der Waals surface area contributed by atoms with Gasteiger partial charge in [-0.2, -0.15) is 0 Å². The summed E-state index contributed by atoms with van der Waals surface area (Å²) in [5.74, 6) is 3.41. The molecule has 0 saturated carbocycles. The molecule has 0 saturated heterocycles. The average Bonchev–Trinajstić information content (AvgIpc) is 2.48. The van der Waals surface area contributed by atoms with E-state index in [1.165, 1.54) is 5.56 Å². The molecule has 0 bridgehead atoms. The molecule has 2 aromatic rings. The van der Waals surface area contributed by atoms with E-state index in [-0.39, 0.29) is 0 Å². The zero-order valence-electron chi connectivity index (χ0n) is 13.1. The predicted octanol–water partition coefficient (Wildman–Crippen LogP) is 2.86. The van der Waals surface area contributed by atoms with Gasteiger partial charge in [0, 0.05) is 26.2 Å². The monoisotopic (exact) mass is 286 g/mol. The molecule has 21 heavy (non-hydrogen) atoms. The lowest BCUT2D eigenvalue weighted by molar-refractivity contribution is 0.414. The summed E-state index contributed by atoms with van der Waals surface area (Å²) in [5, 5.41) is 3.23. The molecule has 1 aromatic heterocycles. The Morgan fingerprint density at radius 3 is 2.52 bits per heavy atom. The molecule has 0 fully saturated rings. The molecule has 5 heteroatoms. The number of nitrogens with zero attached hydrogens (tertiary/aromatic N) is 3. The highest BCUT2D eigenvalue weighted by molar-refractivity contribution is 5.49. The molecular formula is C16H22N4O. The van der Waals surface area contributed by atoms with Crippen LogP contribution in [-0.2, 0) is 6.54 Å². The largest absolute Gasteiger partial charge is 0.497 e. The summed E-state index contributed by atoms with van der Waals surface area (Å²) in [6, 6.07) is 10.0. The number of anilines is 2. The quantitative estimate of drug-likeness (QED) is 0.885. The van der Waals surface area contributed by atoms with E-state index in [0.29, 0.717) is 0 Å². The van der Waals surface area contributed by atoms with Crippen LogP contribution in [0.25, 0.3) is 0 Å². The zero-order valence-corrected chi connectivity index (χ0v) is 13.1. The fraction of sp³-hybridized carbons (Fsp3) is 0.375. The van der Waals surface area contributed by atoms with Gasteiger partial charge >= 0.3 is 0 Å². The van der Waals surface area contributed by atoms with E-state index in [2.05, 4.69) is 39.2 Å². The molecule has 0 unspecified atom stereocenters. The highest BCUT2D eigenvalue weighted by Crippen LogP contribution is 2.18. The number of hydrogen-bond donors (Lipinski definition) is 1. The standard InChI is InChI=1S/C16H22N4O/c1-5-17-15-10-16(19-12(2)18-15)20(3)11-13-6-8-14(21-4)9-7-13/h6-10H,5,11H2,1-4H3,(H,17,18,19). The van der Waals surface area contributed by atoms with Crippen LogP contribution in [0.4, 0.5) is 11.6 Å². The lowest BCUT2D eigenvalue weighted by atomic mass is 10.2. The lowest BCUT2D eigenvalue weighted by Gasteiger charge is -2.19. The Kier molecular flexibility index (Phi) is 4.98. The Morgan fingerprint density at radius 2 is 1.90 bits per heavy atom. The molecule has 0 aliphatic heterocycles. The van der Waals surface area contributed by atoms with Gasteiger partial charge in [-0.1, -0.05) is 12.1 Å². The molecule has 0 spiro atoms. The van der Waals surface area contributed by atoms with Gasteiger partial charge in [-0.05, 0) is 31.5 Å². The zero-order chi connectivity index (χ0) is 15.2. The third kappa shape index (κ3) is 4.08. The van der Waals surface area contributed by atoms with Crippen molar-refractivity contribution < 1.29 is 4.74 Å². The maximum absolute atomic E-state index is 5.17. The SMILES string of the molecule is CCNc1cc(N(C)Cc2ccc(OC)cc2)nc(C)n1. The Bertz CT molecular complexity index is 583. The normalized spacial score (nSPS) is 10.3. The lowest BCUT2D eigenvalue weighted by Crippen LogP contribution is -2.18. The predicted molar refractivity (Wildman–Crippen MR) is 86.0 cm³/mol. The third-order valence-electron chi connectivity index (χ3n) is 3.15. The number of ether oxygens (including phenoxy) is 1. The Balaban J connectivity index is 2.13. The van der Waals surface area contributed by atoms with Crippen LogP contribution in [0.5, 0.6) is 5.75 Å². The maximum Gasteiger partial charge on any atom is 0.134 e. The summed E-state index contributed by atoms with van der Waals surface area (Å²) >= 11 is 0. The first-order valence-corrected chi connectivity index (χ1v) is 7.06. The van der Waals surface area contributed by atoms with Gasteiger partial charge in [-0.25, -0.2) is 9.97 Å². The first-order valence-electron chi connectivity index (χ1n) is 7.06. The van der Waals surface area contributed by atoms with Crippen LogP contribution in [0.2, 0.25) is 0 Å². The molecule has 0 radical (unpaired) electrons. The summed E-state index contributed by atoms with van der Waals surface area (Å²) in [6.45, 7) is 5.59. The van der Waals surface area contributed by atoms with E-state index in [1.807, 2.05) is 32.2 Å². The number of benzene rings is 1. The van der Waals surface area contributed by atoms with Crippen LogP contribution in [0.15, 0.2) is 30.3 Å². The van der Waals surface area contributed by atoms with Gasteiger partial charge in [0.05, 0.1) is 7.11 Å². The van der Waals surface area contributed by atoms with Crippen molar-refractivity contribution in [3.63, 3.8) is 0 Å². The minimum absolute atomic E-state index is 0.769. The fourth-order valence-corrected chi connectivity index (χ4v) is 2.10. The van der Waals surface area contributed by atoms with Gasteiger partial charge in [0.2, 0.25) is 0 Å². The van der Waals surface area contributed by atoms with E-state index in [4.69, 9.17) is 4.74 Å². The van der Waals surface area contributed by atoms with Gasteiger partial charge in [0.15, 0.2) is 0 Å². The summed E-state index contributed by atoms with van der Waals surface area (Å²) < 4.78 is 5.17. The topological polar surface area (TPSA) is 50.3 Å². The second-order valence-electron chi connectivity index (χ2n) is 4.89. The molecular weight excluding hydrogens is 264 g/mol. The molecule has 112 valence electrons. The Morgan fingerprint density at radius 1 is 1.19 bits per heavy atom. The molecule has 0 atom stereocenters. The Hall–Kier alpha value is -2.30. The summed E-state index contributed by atoms with van der Waals surface area (Å²) in [7, 11) is 3.70. The number of aryl methyl sites for hydroxylation is 1. The molecule has 1 heterocycles. The average molecular weight is 286 g/mol. The third-order valence-corrected chi connectivity index (χ3v) is 3.15. The highest BCUT2D eigenvalue weighted by atomic mass is 16.5. The van der Waals surface area contributed by atoms with Crippen LogP contribution in [0.3, 0.4) is 0 Å². The second-order valence-corrected chi connectivity index (χ2v) is 4.89. The van der Waals surface area contributed by atoms with Gasteiger partial charge in [-0.3, -0.25) is 0 Å². The van der Waals surface area contributed by atoms with Gasteiger partial charge in [0.25, 0.3) is 0 Å². The molecule has 0 aliphatic carbocycles. The fourth-order valence-electron chi connectivity index (χ4n) is 2.10. The smallest absolute Gasteiger partial charge is 0.134 e. The maximum atomic E-state index is 5.17. The number of rotatable bonds is 6. The summed E-state index contributed by atoms with van der Waals surface area (Å²) in [6.07, 6.45) is 0. The molecule has 0 aliphatic rings. The van der Waals surface area contributed by atoms with Crippen molar-refractivity contribution in [2.75, 3.05) is 30.9 Å². The van der Waals surface area contributed by atoms with Crippen LogP contribution in [0, 0.1) is 6.92 Å². The van der Waals surface area contributed by atoms with Crippen LogP contribution < -0.4 is 15.0 Å². The van der Waals surface area contributed by atoms with Gasteiger partial charge in [-0.15, -0.1) is 0 Å². The molecule has 1 aromatic carbocycles. The van der Waals surface area contributed by atoms with E-state index >= 15 is 0 Å². The van der Waals surface area contributed by atoms with E-state index in [1.54, 1.807) is 7.11 Å². The number of aromatic nitrogens is 2.